The molecule has 0 aromatic carbocycles. The Kier molecular flexibility index (Phi) is 7.39. The second kappa shape index (κ2) is 8.54. The fourth-order valence-corrected chi connectivity index (χ4v) is 3.35. The minimum atomic E-state index is -0.0893. The first-order valence-corrected chi connectivity index (χ1v) is 7.75. The van der Waals surface area contributed by atoms with Crippen molar-refractivity contribution in [3.63, 3.8) is 0 Å². The predicted molar refractivity (Wildman–Crippen MR) is 77.9 cm³/mol. The van der Waals surface area contributed by atoms with Crippen LogP contribution in [0.15, 0.2) is 0 Å². The summed E-state index contributed by atoms with van der Waals surface area (Å²) in [6.07, 6.45) is 5.49. The van der Waals surface area contributed by atoms with Crippen molar-refractivity contribution >= 4 is 5.97 Å². The van der Waals surface area contributed by atoms with Gasteiger partial charge in [-0.05, 0) is 45.7 Å². The number of nitrogens with zero attached hydrogens (tertiary/aromatic N) is 1. The van der Waals surface area contributed by atoms with Crippen LogP contribution in [0.3, 0.4) is 0 Å². The van der Waals surface area contributed by atoms with Gasteiger partial charge in [-0.15, -0.1) is 0 Å². The van der Waals surface area contributed by atoms with Gasteiger partial charge >= 0.3 is 5.97 Å². The second-order valence-electron chi connectivity index (χ2n) is 5.54. The highest BCUT2D eigenvalue weighted by molar-refractivity contribution is 5.70. The molecule has 0 aromatic rings. The van der Waals surface area contributed by atoms with E-state index >= 15 is 0 Å². The van der Waals surface area contributed by atoms with E-state index in [-0.39, 0.29) is 12.0 Å². The van der Waals surface area contributed by atoms with Gasteiger partial charge in [-0.3, -0.25) is 9.69 Å². The van der Waals surface area contributed by atoms with Crippen LogP contribution in [0.25, 0.3) is 0 Å². The van der Waals surface area contributed by atoms with E-state index in [0.29, 0.717) is 25.0 Å². The van der Waals surface area contributed by atoms with E-state index in [1.807, 2.05) is 6.92 Å². The van der Waals surface area contributed by atoms with Crippen LogP contribution in [0, 0.1) is 5.92 Å². The Bertz CT molecular complexity index is 271. The lowest BCUT2D eigenvalue weighted by atomic mass is 9.83. The molecular weight excluding hydrogens is 240 g/mol. The summed E-state index contributed by atoms with van der Waals surface area (Å²) in [5.41, 5.74) is 5.92. The lowest BCUT2D eigenvalue weighted by molar-refractivity contribution is -0.144. The van der Waals surface area contributed by atoms with Crippen LogP contribution < -0.4 is 5.73 Å². The van der Waals surface area contributed by atoms with E-state index in [4.69, 9.17) is 10.5 Å². The Morgan fingerprint density at radius 2 is 2.05 bits per heavy atom. The topological polar surface area (TPSA) is 55.6 Å². The molecule has 112 valence electrons. The second-order valence-corrected chi connectivity index (χ2v) is 5.54. The number of nitrogens with two attached hydrogens (primary N) is 1. The largest absolute Gasteiger partial charge is 0.466 e. The molecule has 0 heterocycles. The fraction of sp³-hybridized carbons (Fsp3) is 0.933. The molecule has 0 amide bonds. The molecule has 0 bridgehead atoms. The van der Waals surface area contributed by atoms with Crippen LogP contribution in [0.2, 0.25) is 0 Å². The summed E-state index contributed by atoms with van der Waals surface area (Å²) < 4.78 is 5.06. The molecule has 0 aromatic heterocycles. The molecule has 0 spiro atoms. The number of carbonyl (C=O) groups is 1. The molecule has 1 rings (SSSR count). The van der Waals surface area contributed by atoms with Crippen molar-refractivity contribution in [3.8, 4) is 0 Å². The van der Waals surface area contributed by atoms with Gasteiger partial charge in [-0.25, -0.2) is 0 Å². The Hall–Kier alpha value is -0.610. The number of hydrogen-bond donors (Lipinski definition) is 1. The lowest BCUT2D eigenvalue weighted by Gasteiger charge is -2.42. The van der Waals surface area contributed by atoms with Gasteiger partial charge in [0.15, 0.2) is 0 Å². The zero-order valence-corrected chi connectivity index (χ0v) is 12.7. The van der Waals surface area contributed by atoms with Crippen molar-refractivity contribution in [1.29, 1.82) is 0 Å². The molecule has 0 saturated heterocycles. The molecule has 1 saturated carbocycles. The molecule has 0 radical (unpaired) electrons. The molecule has 3 unspecified atom stereocenters. The average molecular weight is 270 g/mol. The SMILES string of the molecule is CCOC(=O)CC(C)N(CC)C1CCCCC1CN. The van der Waals surface area contributed by atoms with Gasteiger partial charge in [0.2, 0.25) is 0 Å². The summed E-state index contributed by atoms with van der Waals surface area (Å²) in [7, 11) is 0. The van der Waals surface area contributed by atoms with Gasteiger partial charge in [-0.2, -0.15) is 0 Å². The third-order valence-electron chi connectivity index (χ3n) is 4.30. The van der Waals surface area contributed by atoms with E-state index < -0.39 is 0 Å². The van der Waals surface area contributed by atoms with E-state index in [9.17, 15) is 4.79 Å². The van der Waals surface area contributed by atoms with Crippen molar-refractivity contribution < 1.29 is 9.53 Å². The molecule has 4 heteroatoms. The first kappa shape index (κ1) is 16.4. The average Bonchev–Trinajstić information content (AvgIpc) is 2.40. The summed E-state index contributed by atoms with van der Waals surface area (Å²) in [6.45, 7) is 8.35. The minimum absolute atomic E-state index is 0.0893. The maximum absolute atomic E-state index is 11.6. The highest BCUT2D eigenvalue weighted by atomic mass is 16.5. The molecule has 4 nitrogen and oxygen atoms in total. The maximum Gasteiger partial charge on any atom is 0.307 e. The van der Waals surface area contributed by atoms with Crippen LogP contribution >= 0.6 is 0 Å². The van der Waals surface area contributed by atoms with Crippen molar-refractivity contribution in [2.75, 3.05) is 19.7 Å². The molecule has 1 aliphatic carbocycles. The summed E-state index contributed by atoms with van der Waals surface area (Å²) in [5, 5.41) is 0. The van der Waals surface area contributed by atoms with Crippen LogP contribution in [0.4, 0.5) is 0 Å². The van der Waals surface area contributed by atoms with Crippen LogP contribution in [0.5, 0.6) is 0 Å². The highest BCUT2D eigenvalue weighted by Crippen LogP contribution is 2.29. The monoisotopic (exact) mass is 270 g/mol. The number of carbonyl (C=O) groups excluding carboxylic acids is 1. The van der Waals surface area contributed by atoms with Crippen LogP contribution in [0.1, 0.15) is 52.9 Å². The third-order valence-corrected chi connectivity index (χ3v) is 4.30. The van der Waals surface area contributed by atoms with Crippen molar-refractivity contribution in [2.45, 2.75) is 65.0 Å². The molecule has 2 N–H and O–H groups in total. The van der Waals surface area contributed by atoms with Gasteiger partial charge in [0.05, 0.1) is 13.0 Å². The van der Waals surface area contributed by atoms with Crippen LogP contribution in [-0.2, 0) is 9.53 Å². The maximum atomic E-state index is 11.6. The van der Waals surface area contributed by atoms with Crippen molar-refractivity contribution in [1.82, 2.24) is 4.90 Å². The fourth-order valence-electron chi connectivity index (χ4n) is 3.35. The van der Waals surface area contributed by atoms with Gasteiger partial charge in [-0.1, -0.05) is 19.8 Å². The smallest absolute Gasteiger partial charge is 0.307 e. The Morgan fingerprint density at radius 1 is 1.37 bits per heavy atom. The Labute approximate surface area is 117 Å². The standard InChI is InChI=1S/C15H30N2O2/c1-4-17(12(3)10-15(18)19-5-2)14-9-7-6-8-13(14)11-16/h12-14H,4-11,16H2,1-3H3. The quantitative estimate of drug-likeness (QED) is 0.720. The van der Waals surface area contributed by atoms with Crippen LogP contribution in [-0.4, -0.2) is 42.6 Å². The van der Waals surface area contributed by atoms with Gasteiger partial charge in [0, 0.05) is 12.1 Å². The van der Waals surface area contributed by atoms with Crippen molar-refractivity contribution in [3.05, 3.63) is 0 Å². The molecule has 1 aliphatic rings. The lowest BCUT2D eigenvalue weighted by Crippen LogP contribution is -2.49. The van der Waals surface area contributed by atoms with Crippen molar-refractivity contribution in [2.24, 2.45) is 11.7 Å². The zero-order chi connectivity index (χ0) is 14.3. The molecule has 0 aliphatic heterocycles. The predicted octanol–water partition coefficient (Wildman–Crippen LogP) is 2.17. The van der Waals surface area contributed by atoms with E-state index in [1.54, 1.807) is 0 Å². The molecule has 3 atom stereocenters. The van der Waals surface area contributed by atoms with Gasteiger partial charge in [0.1, 0.15) is 0 Å². The van der Waals surface area contributed by atoms with E-state index in [0.717, 1.165) is 13.1 Å². The molecule has 1 fully saturated rings. The molecule has 19 heavy (non-hydrogen) atoms. The van der Waals surface area contributed by atoms with E-state index in [2.05, 4.69) is 18.7 Å². The normalized spacial score (nSPS) is 25.3. The van der Waals surface area contributed by atoms with E-state index in [1.165, 1.54) is 25.7 Å². The number of ether oxygens (including phenoxy) is 1. The first-order chi connectivity index (χ1) is 9.13. The Balaban J connectivity index is 2.61. The number of rotatable bonds is 7. The summed E-state index contributed by atoms with van der Waals surface area (Å²) in [6, 6.07) is 0.773. The van der Waals surface area contributed by atoms with Gasteiger partial charge in [0.25, 0.3) is 0 Å². The minimum Gasteiger partial charge on any atom is -0.466 e. The number of esters is 1. The number of hydrogen-bond acceptors (Lipinski definition) is 4. The summed E-state index contributed by atoms with van der Waals surface area (Å²) in [4.78, 5) is 14.1. The molecular formula is C15H30N2O2. The van der Waals surface area contributed by atoms with Gasteiger partial charge < -0.3 is 10.5 Å². The zero-order valence-electron chi connectivity index (χ0n) is 12.7. The first-order valence-electron chi connectivity index (χ1n) is 7.75. The Morgan fingerprint density at radius 3 is 2.63 bits per heavy atom. The summed E-state index contributed by atoms with van der Waals surface area (Å²) in [5.74, 6) is 0.493. The summed E-state index contributed by atoms with van der Waals surface area (Å²) >= 11 is 0. The third kappa shape index (κ3) is 4.77. The highest BCUT2D eigenvalue weighted by Gasteiger charge is 2.31.